The molecular weight excluding hydrogens is 359 g/mol. The van der Waals surface area contributed by atoms with E-state index in [9.17, 15) is 4.79 Å². The van der Waals surface area contributed by atoms with Crippen LogP contribution >= 0.6 is 34.8 Å². The number of hydrogen-bond donors (Lipinski definition) is 2. The smallest absolute Gasteiger partial charge is 0.221 e. The number of benzene rings is 2. The molecule has 2 aromatic carbocycles. The Morgan fingerprint density at radius 1 is 1.04 bits per heavy atom. The number of nitrogens with one attached hydrogen (secondary N) is 1. The molecule has 2 rings (SSSR count). The summed E-state index contributed by atoms with van der Waals surface area (Å²) in [5.41, 5.74) is 8.41. The third-order valence-electron chi connectivity index (χ3n) is 2.92. The zero-order valence-electron chi connectivity index (χ0n) is 12.3. The number of hydrogen-bond acceptors (Lipinski definition) is 4. The summed E-state index contributed by atoms with van der Waals surface area (Å²) in [7, 11) is 0. The van der Waals surface area contributed by atoms with Crippen LogP contribution in [-0.2, 0) is 4.79 Å². The van der Waals surface area contributed by atoms with Gasteiger partial charge in [-0.1, -0.05) is 34.8 Å². The Bertz CT molecular complexity index is 783. The highest BCUT2D eigenvalue weighted by Crippen LogP contribution is 2.36. The van der Waals surface area contributed by atoms with Gasteiger partial charge in [-0.05, 0) is 36.8 Å². The van der Waals surface area contributed by atoms with Crippen molar-refractivity contribution in [2.75, 3.05) is 11.1 Å². The standard InChI is InChI=1S/C15H13Cl3N4O/c1-7-3-13(19)10(16)6-14(7)22-21-9-4-11(17)15(12(18)5-9)20-8(2)23/h3-6H,19H2,1-2H3,(H,20,23). The lowest BCUT2D eigenvalue weighted by molar-refractivity contribution is -0.114. The highest BCUT2D eigenvalue weighted by molar-refractivity contribution is 6.40. The molecule has 8 heteroatoms. The Labute approximate surface area is 148 Å². The van der Waals surface area contributed by atoms with Crippen LogP contribution in [0.25, 0.3) is 0 Å². The molecule has 0 aliphatic carbocycles. The van der Waals surface area contributed by atoms with E-state index in [0.717, 1.165) is 5.56 Å². The molecule has 120 valence electrons. The maximum absolute atomic E-state index is 11.1. The highest BCUT2D eigenvalue weighted by Gasteiger charge is 2.10. The van der Waals surface area contributed by atoms with E-state index in [4.69, 9.17) is 40.5 Å². The maximum atomic E-state index is 11.1. The lowest BCUT2D eigenvalue weighted by atomic mass is 10.2. The van der Waals surface area contributed by atoms with Crippen LogP contribution in [0.15, 0.2) is 34.5 Å². The summed E-state index contributed by atoms with van der Waals surface area (Å²) in [4.78, 5) is 11.1. The molecule has 0 spiro atoms. The van der Waals surface area contributed by atoms with Gasteiger partial charge in [0.1, 0.15) is 0 Å². The summed E-state index contributed by atoms with van der Waals surface area (Å²) in [5, 5.41) is 11.7. The summed E-state index contributed by atoms with van der Waals surface area (Å²) in [6, 6.07) is 6.45. The lowest BCUT2D eigenvalue weighted by Crippen LogP contribution is -2.06. The number of rotatable bonds is 3. The minimum atomic E-state index is -0.268. The van der Waals surface area contributed by atoms with Gasteiger partial charge >= 0.3 is 0 Å². The molecule has 0 bridgehead atoms. The van der Waals surface area contributed by atoms with E-state index in [1.807, 2.05) is 6.92 Å². The second kappa shape index (κ2) is 7.17. The predicted molar refractivity (Wildman–Crippen MR) is 95.5 cm³/mol. The van der Waals surface area contributed by atoms with Gasteiger partial charge in [0.25, 0.3) is 0 Å². The van der Waals surface area contributed by atoms with Crippen molar-refractivity contribution < 1.29 is 4.79 Å². The molecule has 0 radical (unpaired) electrons. The minimum absolute atomic E-state index is 0.268. The van der Waals surface area contributed by atoms with Gasteiger partial charge < -0.3 is 11.1 Å². The zero-order valence-corrected chi connectivity index (χ0v) is 14.6. The zero-order chi connectivity index (χ0) is 17.1. The number of azo groups is 1. The van der Waals surface area contributed by atoms with Gasteiger partial charge in [0.2, 0.25) is 5.91 Å². The Morgan fingerprint density at radius 2 is 1.65 bits per heavy atom. The van der Waals surface area contributed by atoms with Crippen molar-refractivity contribution in [2.45, 2.75) is 13.8 Å². The summed E-state index contributed by atoms with van der Waals surface area (Å²) in [6.07, 6.45) is 0. The number of carbonyl (C=O) groups excluding carboxylic acids is 1. The second-order valence-electron chi connectivity index (χ2n) is 4.83. The molecule has 1 amide bonds. The molecule has 0 aromatic heterocycles. The fourth-order valence-electron chi connectivity index (χ4n) is 1.83. The summed E-state index contributed by atoms with van der Waals surface area (Å²) in [6.45, 7) is 3.22. The molecule has 0 saturated carbocycles. The molecule has 3 N–H and O–H groups in total. The highest BCUT2D eigenvalue weighted by atomic mass is 35.5. The van der Waals surface area contributed by atoms with Crippen LogP contribution in [0, 0.1) is 6.92 Å². The van der Waals surface area contributed by atoms with E-state index in [1.165, 1.54) is 6.92 Å². The second-order valence-corrected chi connectivity index (χ2v) is 6.05. The summed E-state index contributed by atoms with van der Waals surface area (Å²) in [5.74, 6) is -0.268. The SMILES string of the molecule is CC(=O)Nc1c(Cl)cc(N=Nc2cc(Cl)c(N)cc2C)cc1Cl. The lowest BCUT2D eigenvalue weighted by Gasteiger charge is -2.08. The van der Waals surface area contributed by atoms with Gasteiger partial charge in [0.15, 0.2) is 0 Å². The third kappa shape index (κ3) is 4.34. The van der Waals surface area contributed by atoms with Crippen molar-refractivity contribution in [3.8, 4) is 0 Å². The average molecular weight is 372 g/mol. The van der Waals surface area contributed by atoms with Crippen molar-refractivity contribution in [1.82, 2.24) is 0 Å². The number of nitrogen functional groups attached to an aromatic ring is 1. The topological polar surface area (TPSA) is 79.8 Å². The monoisotopic (exact) mass is 370 g/mol. The summed E-state index contributed by atoms with van der Waals surface area (Å²) < 4.78 is 0. The average Bonchev–Trinajstić information content (AvgIpc) is 2.45. The van der Waals surface area contributed by atoms with Gasteiger partial charge in [-0.15, -0.1) is 0 Å². The molecule has 0 saturated heterocycles. The van der Waals surface area contributed by atoms with Crippen molar-refractivity contribution in [2.24, 2.45) is 10.2 Å². The van der Waals surface area contributed by atoms with Crippen molar-refractivity contribution >= 4 is 63.5 Å². The number of aryl methyl sites for hydroxylation is 1. The van der Waals surface area contributed by atoms with E-state index in [2.05, 4.69) is 15.5 Å². The van der Waals surface area contributed by atoms with Crippen LogP contribution in [0.2, 0.25) is 15.1 Å². The molecule has 2 aromatic rings. The van der Waals surface area contributed by atoms with Gasteiger partial charge in [0.05, 0.1) is 37.8 Å². The predicted octanol–water partition coefficient (Wildman–Crippen LogP) is 5.91. The number of halogens is 3. The van der Waals surface area contributed by atoms with Crippen LogP contribution in [0.1, 0.15) is 12.5 Å². The third-order valence-corrected chi connectivity index (χ3v) is 3.84. The molecule has 0 atom stereocenters. The molecule has 5 nitrogen and oxygen atoms in total. The van der Waals surface area contributed by atoms with E-state index >= 15 is 0 Å². The number of nitrogens with zero attached hydrogens (tertiary/aromatic N) is 2. The number of nitrogens with two attached hydrogens (primary N) is 1. The first kappa shape index (κ1) is 17.5. The van der Waals surface area contributed by atoms with Crippen LogP contribution in [0.4, 0.5) is 22.7 Å². The summed E-state index contributed by atoms with van der Waals surface area (Å²) >= 11 is 18.2. The number of anilines is 2. The Morgan fingerprint density at radius 3 is 2.22 bits per heavy atom. The first-order valence-corrected chi connectivity index (χ1v) is 7.65. The maximum Gasteiger partial charge on any atom is 0.221 e. The van der Waals surface area contributed by atoms with E-state index in [0.29, 0.717) is 27.8 Å². The largest absolute Gasteiger partial charge is 0.398 e. The number of amides is 1. The van der Waals surface area contributed by atoms with Crippen molar-refractivity contribution in [3.05, 3.63) is 44.9 Å². The Kier molecular flexibility index (Phi) is 5.46. The fraction of sp³-hybridized carbons (Fsp3) is 0.133. The number of carbonyl (C=O) groups is 1. The Balaban J connectivity index is 2.34. The van der Waals surface area contributed by atoms with Crippen molar-refractivity contribution in [1.29, 1.82) is 0 Å². The van der Waals surface area contributed by atoms with Gasteiger partial charge in [-0.2, -0.15) is 10.2 Å². The molecule has 0 aliphatic heterocycles. The quantitative estimate of drug-likeness (QED) is 0.519. The van der Waals surface area contributed by atoms with Crippen LogP contribution in [0.5, 0.6) is 0 Å². The minimum Gasteiger partial charge on any atom is -0.398 e. The van der Waals surface area contributed by atoms with Crippen molar-refractivity contribution in [3.63, 3.8) is 0 Å². The van der Waals surface area contributed by atoms with Crippen LogP contribution in [0.3, 0.4) is 0 Å². The molecule has 0 aliphatic rings. The van der Waals surface area contributed by atoms with Crippen LogP contribution < -0.4 is 11.1 Å². The van der Waals surface area contributed by atoms with Gasteiger partial charge in [-0.3, -0.25) is 4.79 Å². The first-order valence-electron chi connectivity index (χ1n) is 6.52. The molecular formula is C15H13Cl3N4O. The van der Waals surface area contributed by atoms with E-state index < -0.39 is 0 Å². The van der Waals surface area contributed by atoms with E-state index in [1.54, 1.807) is 24.3 Å². The van der Waals surface area contributed by atoms with Gasteiger partial charge in [0, 0.05) is 6.92 Å². The van der Waals surface area contributed by atoms with Crippen LogP contribution in [-0.4, -0.2) is 5.91 Å². The van der Waals surface area contributed by atoms with E-state index in [-0.39, 0.29) is 16.0 Å². The molecule has 0 unspecified atom stereocenters. The fourth-order valence-corrected chi connectivity index (χ4v) is 2.55. The molecule has 0 heterocycles. The molecule has 0 fully saturated rings. The Hall–Kier alpha value is -1.82. The molecule has 23 heavy (non-hydrogen) atoms. The first-order chi connectivity index (χ1) is 10.8. The van der Waals surface area contributed by atoms with Gasteiger partial charge in [-0.25, -0.2) is 0 Å². The normalized spacial score (nSPS) is 11.0.